The van der Waals surface area contributed by atoms with Crippen molar-refractivity contribution >= 4 is 17.0 Å². The number of pyridine rings is 2. The summed E-state index contributed by atoms with van der Waals surface area (Å²) in [6, 6.07) is 7.72. The maximum atomic E-state index is 13.3. The lowest BCUT2D eigenvalue weighted by Gasteiger charge is -2.11. The Kier molecular flexibility index (Phi) is 3.61. The third-order valence-electron chi connectivity index (χ3n) is 3.40. The van der Waals surface area contributed by atoms with Gasteiger partial charge in [0.1, 0.15) is 11.2 Å². The second-order valence-electron chi connectivity index (χ2n) is 4.92. The number of aromatic carboxylic acids is 1. The first-order valence-corrected chi connectivity index (χ1v) is 6.63. The molecule has 0 atom stereocenters. The second kappa shape index (κ2) is 5.60. The van der Waals surface area contributed by atoms with Gasteiger partial charge in [0.2, 0.25) is 0 Å². The number of aromatic nitrogens is 2. The topological polar surface area (TPSA) is 72.2 Å². The van der Waals surface area contributed by atoms with Crippen LogP contribution in [0.2, 0.25) is 0 Å². The van der Waals surface area contributed by atoms with Crippen LogP contribution < -0.4 is 5.56 Å². The van der Waals surface area contributed by atoms with Crippen LogP contribution >= 0.6 is 0 Å². The van der Waals surface area contributed by atoms with Gasteiger partial charge in [0.05, 0.1) is 6.54 Å². The smallest absolute Gasteiger partial charge is 0.341 e. The molecule has 0 aliphatic rings. The van der Waals surface area contributed by atoms with Gasteiger partial charge in [-0.1, -0.05) is 6.07 Å². The fraction of sp³-hybridized carbons (Fsp3) is 0.0625. The van der Waals surface area contributed by atoms with Gasteiger partial charge < -0.3 is 5.11 Å². The minimum absolute atomic E-state index is 0.120. The molecule has 0 aliphatic heterocycles. The molecule has 2 aromatic heterocycles. The Morgan fingerprint density at radius 1 is 1.17 bits per heavy atom. The highest BCUT2D eigenvalue weighted by Gasteiger charge is 2.16. The van der Waals surface area contributed by atoms with E-state index in [1.165, 1.54) is 18.3 Å². The maximum Gasteiger partial charge on any atom is 0.341 e. The quantitative estimate of drug-likeness (QED) is 0.805. The first kappa shape index (κ1) is 14.8. The number of hydrogen-bond acceptors (Lipinski definition) is 3. The molecule has 0 amide bonds. The molecule has 0 saturated carbocycles. The number of halogens is 2. The molecule has 3 aromatic rings. The fourth-order valence-electron chi connectivity index (χ4n) is 2.33. The van der Waals surface area contributed by atoms with Crippen LogP contribution in [0.25, 0.3) is 11.0 Å². The SMILES string of the molecule is O=C(O)c1cc2cccnc2n(Cc2ccc(F)c(F)c2)c1=O. The molecule has 5 nitrogen and oxygen atoms in total. The molecule has 0 spiro atoms. The van der Waals surface area contributed by atoms with Gasteiger partial charge in [-0.2, -0.15) is 0 Å². The zero-order valence-electron chi connectivity index (χ0n) is 11.7. The monoisotopic (exact) mass is 316 g/mol. The Morgan fingerprint density at radius 3 is 2.65 bits per heavy atom. The van der Waals surface area contributed by atoms with Gasteiger partial charge in [0.25, 0.3) is 5.56 Å². The summed E-state index contributed by atoms with van der Waals surface area (Å²) in [6.07, 6.45) is 1.46. The van der Waals surface area contributed by atoms with Crippen LogP contribution in [-0.2, 0) is 6.54 Å². The van der Waals surface area contributed by atoms with Gasteiger partial charge in [-0.05, 0) is 35.9 Å². The highest BCUT2D eigenvalue weighted by atomic mass is 19.2. The molecule has 0 saturated heterocycles. The minimum Gasteiger partial charge on any atom is -0.477 e. The van der Waals surface area contributed by atoms with Crippen molar-refractivity contribution in [2.45, 2.75) is 6.54 Å². The van der Waals surface area contributed by atoms with Crippen LogP contribution in [0.5, 0.6) is 0 Å². The van der Waals surface area contributed by atoms with Gasteiger partial charge in [-0.25, -0.2) is 18.6 Å². The van der Waals surface area contributed by atoms with Crippen LogP contribution in [-0.4, -0.2) is 20.6 Å². The average Bonchev–Trinajstić information content (AvgIpc) is 2.53. The normalized spacial score (nSPS) is 10.9. The number of rotatable bonds is 3. The van der Waals surface area contributed by atoms with E-state index >= 15 is 0 Å². The van der Waals surface area contributed by atoms with Gasteiger partial charge in [-0.3, -0.25) is 9.36 Å². The highest BCUT2D eigenvalue weighted by Crippen LogP contribution is 2.14. The van der Waals surface area contributed by atoms with E-state index < -0.39 is 28.7 Å². The van der Waals surface area contributed by atoms with Crippen molar-refractivity contribution in [2.75, 3.05) is 0 Å². The molecular formula is C16H10F2N2O3. The van der Waals surface area contributed by atoms with E-state index in [1.54, 1.807) is 12.1 Å². The number of hydrogen-bond donors (Lipinski definition) is 1. The molecular weight excluding hydrogens is 306 g/mol. The number of fused-ring (bicyclic) bond motifs is 1. The summed E-state index contributed by atoms with van der Waals surface area (Å²) in [5.74, 6) is -3.40. The highest BCUT2D eigenvalue weighted by molar-refractivity contribution is 5.91. The van der Waals surface area contributed by atoms with E-state index in [-0.39, 0.29) is 12.2 Å². The summed E-state index contributed by atoms with van der Waals surface area (Å²) in [5, 5.41) is 9.62. The van der Waals surface area contributed by atoms with E-state index in [0.29, 0.717) is 10.9 Å². The molecule has 116 valence electrons. The van der Waals surface area contributed by atoms with Crippen molar-refractivity contribution in [1.82, 2.24) is 9.55 Å². The van der Waals surface area contributed by atoms with Gasteiger partial charge in [0, 0.05) is 11.6 Å². The fourth-order valence-corrected chi connectivity index (χ4v) is 2.33. The van der Waals surface area contributed by atoms with Crippen molar-refractivity contribution in [1.29, 1.82) is 0 Å². The van der Waals surface area contributed by atoms with E-state index in [4.69, 9.17) is 5.11 Å². The first-order chi connectivity index (χ1) is 11.0. The Labute approximate surface area is 128 Å². The van der Waals surface area contributed by atoms with E-state index in [0.717, 1.165) is 16.7 Å². The summed E-state index contributed by atoms with van der Waals surface area (Å²) in [4.78, 5) is 27.7. The van der Waals surface area contributed by atoms with Crippen LogP contribution in [0.15, 0.2) is 47.4 Å². The predicted octanol–water partition coefficient (Wildman–Crippen LogP) is 2.42. The first-order valence-electron chi connectivity index (χ1n) is 6.63. The molecule has 23 heavy (non-hydrogen) atoms. The lowest BCUT2D eigenvalue weighted by atomic mass is 10.1. The van der Waals surface area contributed by atoms with Crippen molar-refractivity contribution in [3.8, 4) is 0 Å². The van der Waals surface area contributed by atoms with E-state index in [1.807, 2.05) is 0 Å². The third kappa shape index (κ3) is 2.68. The van der Waals surface area contributed by atoms with Crippen LogP contribution in [0.4, 0.5) is 8.78 Å². The zero-order valence-corrected chi connectivity index (χ0v) is 11.7. The maximum absolute atomic E-state index is 13.3. The van der Waals surface area contributed by atoms with Crippen LogP contribution in [0, 0.1) is 11.6 Å². The molecule has 0 radical (unpaired) electrons. The summed E-state index contributed by atoms with van der Waals surface area (Å²) in [7, 11) is 0. The molecule has 1 N–H and O–H groups in total. The minimum atomic E-state index is -1.36. The molecule has 2 heterocycles. The number of benzene rings is 1. The summed E-state index contributed by atoms with van der Waals surface area (Å²) >= 11 is 0. The average molecular weight is 316 g/mol. The van der Waals surface area contributed by atoms with E-state index in [9.17, 15) is 18.4 Å². The van der Waals surface area contributed by atoms with Gasteiger partial charge in [0.15, 0.2) is 11.6 Å². The van der Waals surface area contributed by atoms with Gasteiger partial charge >= 0.3 is 5.97 Å². The van der Waals surface area contributed by atoms with Crippen molar-refractivity contribution in [3.05, 3.63) is 75.7 Å². The number of nitrogens with zero attached hydrogens (tertiary/aromatic N) is 2. The zero-order chi connectivity index (χ0) is 16.6. The van der Waals surface area contributed by atoms with Crippen molar-refractivity contribution in [2.24, 2.45) is 0 Å². The third-order valence-corrected chi connectivity index (χ3v) is 3.40. The lowest BCUT2D eigenvalue weighted by Crippen LogP contribution is -2.27. The van der Waals surface area contributed by atoms with Crippen LogP contribution in [0.1, 0.15) is 15.9 Å². The molecule has 0 unspecified atom stereocenters. The summed E-state index contributed by atoms with van der Waals surface area (Å²) < 4.78 is 27.5. The summed E-state index contributed by atoms with van der Waals surface area (Å²) in [6.45, 7) is -0.120. The molecule has 7 heteroatoms. The Bertz CT molecular complexity index is 983. The Hall–Kier alpha value is -3.09. The molecule has 0 bridgehead atoms. The standard InChI is InChI=1S/C16H10F2N2O3/c17-12-4-3-9(6-13(12)18)8-20-14-10(2-1-5-19-14)7-11(15(20)21)16(22)23/h1-7H,8H2,(H,22,23). The molecule has 0 fully saturated rings. The number of carbonyl (C=O) groups is 1. The number of carboxylic acid groups (broad SMARTS) is 1. The molecule has 1 aromatic carbocycles. The molecule has 0 aliphatic carbocycles. The largest absolute Gasteiger partial charge is 0.477 e. The van der Waals surface area contributed by atoms with Gasteiger partial charge in [-0.15, -0.1) is 0 Å². The Morgan fingerprint density at radius 2 is 1.96 bits per heavy atom. The number of carboxylic acids is 1. The van der Waals surface area contributed by atoms with Crippen molar-refractivity contribution < 1.29 is 18.7 Å². The van der Waals surface area contributed by atoms with Crippen LogP contribution in [0.3, 0.4) is 0 Å². The van der Waals surface area contributed by atoms with Crippen molar-refractivity contribution in [3.63, 3.8) is 0 Å². The lowest BCUT2D eigenvalue weighted by molar-refractivity contribution is 0.0694. The predicted molar refractivity (Wildman–Crippen MR) is 78.4 cm³/mol. The van der Waals surface area contributed by atoms with E-state index in [2.05, 4.69) is 4.98 Å². The Balaban J connectivity index is 2.22. The molecule has 3 rings (SSSR count). The second-order valence-corrected chi connectivity index (χ2v) is 4.92. The summed E-state index contributed by atoms with van der Waals surface area (Å²) in [5.41, 5.74) is -0.575.